The van der Waals surface area contributed by atoms with Crippen molar-refractivity contribution >= 4 is 39.8 Å². The Balaban J connectivity index is 1.97. The van der Waals surface area contributed by atoms with E-state index in [-0.39, 0.29) is 5.75 Å². The van der Waals surface area contributed by atoms with Crippen LogP contribution in [0.4, 0.5) is 24.0 Å². The number of ether oxygens (including phenoxy) is 1. The zero-order chi connectivity index (χ0) is 17.0. The third-order valence-corrected chi connectivity index (χ3v) is 4.47. The fraction of sp³-hybridized carbons (Fsp3) is 0.250. The van der Waals surface area contributed by atoms with Crippen LogP contribution >= 0.6 is 23.1 Å². The Bertz CT molecular complexity index is 676. The average Bonchev–Trinajstić information content (AvgIpc) is 2.86. The lowest BCUT2D eigenvalue weighted by Crippen LogP contribution is -2.22. The van der Waals surface area contributed by atoms with Crippen LogP contribution in [0.2, 0.25) is 0 Å². The summed E-state index contributed by atoms with van der Waals surface area (Å²) < 4.78 is 40.5. The molecule has 0 bridgehead atoms. The van der Waals surface area contributed by atoms with E-state index >= 15 is 0 Å². The number of hydrogen-bond acceptors (Lipinski definition) is 7. The van der Waals surface area contributed by atoms with E-state index in [1.165, 1.54) is 47.4 Å². The molecular formula is C12H11F3N4O2S2. The van der Waals surface area contributed by atoms with Crippen LogP contribution in [0, 0.1) is 0 Å². The zero-order valence-electron chi connectivity index (χ0n) is 11.6. The Morgan fingerprint density at radius 1 is 1.35 bits per heavy atom. The molecule has 1 amide bonds. The number of anilines is 2. The Hall–Kier alpha value is -2.01. The molecule has 0 saturated carbocycles. The van der Waals surface area contributed by atoms with Crippen molar-refractivity contribution in [2.75, 3.05) is 5.32 Å². The molecule has 124 valence electrons. The van der Waals surface area contributed by atoms with Gasteiger partial charge >= 0.3 is 6.36 Å². The SMILES string of the molecule is CC(Sc1nnc(Nc2ccc(OC(F)(F)F)cc2)s1)C(N)=O. The lowest BCUT2D eigenvalue weighted by molar-refractivity contribution is -0.274. The summed E-state index contributed by atoms with van der Waals surface area (Å²) in [6.45, 7) is 1.65. The molecule has 2 rings (SSSR count). The number of nitrogens with two attached hydrogens (primary N) is 1. The zero-order valence-corrected chi connectivity index (χ0v) is 13.3. The van der Waals surface area contributed by atoms with Gasteiger partial charge in [-0.1, -0.05) is 23.1 Å². The van der Waals surface area contributed by atoms with Crippen molar-refractivity contribution in [3.63, 3.8) is 0 Å². The third-order valence-electron chi connectivity index (χ3n) is 2.42. The number of nitrogens with zero attached hydrogens (tertiary/aromatic N) is 2. The molecule has 3 N–H and O–H groups in total. The molecule has 0 fully saturated rings. The van der Waals surface area contributed by atoms with Gasteiger partial charge in [0.2, 0.25) is 11.0 Å². The van der Waals surface area contributed by atoms with Gasteiger partial charge in [0, 0.05) is 5.69 Å². The van der Waals surface area contributed by atoms with Crippen LogP contribution < -0.4 is 15.8 Å². The van der Waals surface area contributed by atoms with E-state index in [0.29, 0.717) is 15.2 Å². The molecule has 1 aromatic heterocycles. The van der Waals surface area contributed by atoms with Gasteiger partial charge in [-0.05, 0) is 31.2 Å². The van der Waals surface area contributed by atoms with Gasteiger partial charge in [0.25, 0.3) is 0 Å². The van der Waals surface area contributed by atoms with Gasteiger partial charge < -0.3 is 15.8 Å². The highest BCUT2D eigenvalue weighted by Crippen LogP contribution is 2.31. The van der Waals surface area contributed by atoms with E-state index < -0.39 is 17.5 Å². The summed E-state index contributed by atoms with van der Waals surface area (Å²) in [6, 6.07) is 5.20. The van der Waals surface area contributed by atoms with Gasteiger partial charge in [-0.15, -0.1) is 23.4 Å². The standard InChI is InChI=1S/C12H11F3N4O2S2/c1-6(9(16)20)22-11-19-18-10(23-11)17-7-2-4-8(5-3-7)21-12(13,14)15/h2-6H,1H3,(H2,16,20)(H,17,18). The van der Waals surface area contributed by atoms with Crippen molar-refractivity contribution in [2.45, 2.75) is 22.9 Å². The van der Waals surface area contributed by atoms with Crippen molar-refractivity contribution in [1.29, 1.82) is 0 Å². The highest BCUT2D eigenvalue weighted by Gasteiger charge is 2.30. The first-order chi connectivity index (χ1) is 10.7. The Morgan fingerprint density at radius 2 is 2.00 bits per heavy atom. The summed E-state index contributed by atoms with van der Waals surface area (Å²) in [4.78, 5) is 11.0. The molecule has 6 nitrogen and oxygen atoms in total. The Labute approximate surface area is 137 Å². The molecule has 1 atom stereocenters. The second kappa shape index (κ2) is 7.04. The molecule has 2 aromatic rings. The fourth-order valence-electron chi connectivity index (χ4n) is 1.38. The number of aromatic nitrogens is 2. The minimum absolute atomic E-state index is 0.313. The molecule has 0 spiro atoms. The maximum Gasteiger partial charge on any atom is 0.573 e. The van der Waals surface area contributed by atoms with Crippen LogP contribution in [0.3, 0.4) is 0 Å². The summed E-state index contributed by atoms with van der Waals surface area (Å²) in [5, 5.41) is 10.7. The summed E-state index contributed by atoms with van der Waals surface area (Å²) in [7, 11) is 0. The third kappa shape index (κ3) is 5.60. The van der Waals surface area contributed by atoms with Crippen molar-refractivity contribution in [1.82, 2.24) is 10.2 Å². The van der Waals surface area contributed by atoms with Gasteiger partial charge in [-0.3, -0.25) is 4.79 Å². The number of amides is 1. The first kappa shape index (κ1) is 17.3. The molecule has 1 unspecified atom stereocenters. The van der Waals surface area contributed by atoms with E-state index in [2.05, 4.69) is 20.3 Å². The number of alkyl halides is 3. The van der Waals surface area contributed by atoms with Crippen LogP contribution in [-0.2, 0) is 4.79 Å². The van der Waals surface area contributed by atoms with E-state index in [1.807, 2.05) is 0 Å². The first-order valence-corrected chi connectivity index (χ1v) is 7.85. The van der Waals surface area contributed by atoms with Crippen LogP contribution in [0.5, 0.6) is 5.75 Å². The molecule has 0 radical (unpaired) electrons. The summed E-state index contributed by atoms with van der Waals surface area (Å²) in [5.41, 5.74) is 5.68. The van der Waals surface area contributed by atoms with E-state index in [0.717, 1.165) is 0 Å². The van der Waals surface area contributed by atoms with Crippen molar-refractivity contribution < 1.29 is 22.7 Å². The predicted octanol–water partition coefficient (Wildman–Crippen LogP) is 3.15. The normalized spacial score (nSPS) is 12.7. The van der Waals surface area contributed by atoms with Gasteiger partial charge in [-0.2, -0.15) is 0 Å². The number of rotatable bonds is 6. The van der Waals surface area contributed by atoms with Crippen molar-refractivity contribution in [2.24, 2.45) is 5.73 Å². The van der Waals surface area contributed by atoms with Gasteiger partial charge in [-0.25, -0.2) is 0 Å². The molecule has 23 heavy (non-hydrogen) atoms. The predicted molar refractivity (Wildman–Crippen MR) is 80.8 cm³/mol. The molecule has 0 aliphatic rings. The topological polar surface area (TPSA) is 90.1 Å². The van der Waals surface area contributed by atoms with Gasteiger partial charge in [0.15, 0.2) is 4.34 Å². The van der Waals surface area contributed by atoms with Gasteiger partial charge in [0.05, 0.1) is 5.25 Å². The Morgan fingerprint density at radius 3 is 2.57 bits per heavy atom. The second-order valence-corrected chi connectivity index (χ2v) is 6.80. The molecular weight excluding hydrogens is 353 g/mol. The molecule has 1 heterocycles. The molecule has 0 aliphatic heterocycles. The number of halogens is 3. The van der Waals surface area contributed by atoms with E-state index in [1.54, 1.807) is 6.92 Å². The smallest absolute Gasteiger partial charge is 0.406 e. The number of benzene rings is 1. The summed E-state index contributed by atoms with van der Waals surface area (Å²) in [6.07, 6.45) is -4.72. The molecule has 0 saturated heterocycles. The number of primary amides is 1. The fourth-order valence-corrected chi connectivity index (χ4v) is 3.25. The maximum absolute atomic E-state index is 12.1. The van der Waals surface area contributed by atoms with Crippen LogP contribution in [0.25, 0.3) is 0 Å². The van der Waals surface area contributed by atoms with Crippen molar-refractivity contribution in [3.05, 3.63) is 24.3 Å². The van der Waals surface area contributed by atoms with Crippen molar-refractivity contribution in [3.8, 4) is 5.75 Å². The lowest BCUT2D eigenvalue weighted by atomic mass is 10.3. The summed E-state index contributed by atoms with van der Waals surface area (Å²) in [5.74, 6) is -0.771. The van der Waals surface area contributed by atoms with Gasteiger partial charge in [0.1, 0.15) is 5.75 Å². The van der Waals surface area contributed by atoms with E-state index in [4.69, 9.17) is 5.73 Å². The minimum Gasteiger partial charge on any atom is -0.406 e. The number of nitrogens with one attached hydrogen (secondary N) is 1. The Kier molecular flexibility index (Phi) is 5.31. The monoisotopic (exact) mass is 364 g/mol. The average molecular weight is 364 g/mol. The molecule has 11 heteroatoms. The maximum atomic E-state index is 12.1. The highest BCUT2D eigenvalue weighted by atomic mass is 32.2. The second-order valence-electron chi connectivity index (χ2n) is 4.23. The minimum atomic E-state index is -4.72. The number of carbonyl (C=O) groups excluding carboxylic acids is 1. The number of hydrogen-bond donors (Lipinski definition) is 2. The van der Waals surface area contributed by atoms with Crippen LogP contribution in [-0.4, -0.2) is 27.7 Å². The quantitative estimate of drug-likeness (QED) is 0.766. The first-order valence-electron chi connectivity index (χ1n) is 6.15. The summed E-state index contributed by atoms with van der Waals surface area (Å²) >= 11 is 2.38. The van der Waals surface area contributed by atoms with Crippen LogP contribution in [0.15, 0.2) is 28.6 Å². The number of carbonyl (C=O) groups is 1. The van der Waals surface area contributed by atoms with E-state index in [9.17, 15) is 18.0 Å². The lowest BCUT2D eigenvalue weighted by Gasteiger charge is -2.09. The van der Waals surface area contributed by atoms with Crippen LogP contribution in [0.1, 0.15) is 6.92 Å². The molecule has 0 aliphatic carbocycles. The highest BCUT2D eigenvalue weighted by molar-refractivity contribution is 8.02. The number of thioether (sulfide) groups is 1. The largest absolute Gasteiger partial charge is 0.573 e. The molecule has 1 aromatic carbocycles.